The topological polar surface area (TPSA) is 85.2 Å². The molecule has 1 saturated carbocycles. The fourth-order valence-electron chi connectivity index (χ4n) is 3.11. The number of fused-ring (bicyclic) bond motifs is 1. The molecule has 0 radical (unpaired) electrons. The van der Waals surface area contributed by atoms with Crippen LogP contribution in [0.4, 0.5) is 5.82 Å². The van der Waals surface area contributed by atoms with Gasteiger partial charge in [-0.15, -0.1) is 0 Å². The van der Waals surface area contributed by atoms with Gasteiger partial charge in [0, 0.05) is 36.1 Å². The van der Waals surface area contributed by atoms with Gasteiger partial charge in [-0.2, -0.15) is 16.9 Å². The molecule has 8 heteroatoms. The number of anilines is 1. The van der Waals surface area contributed by atoms with Crippen molar-refractivity contribution in [1.82, 2.24) is 15.1 Å². The Labute approximate surface area is 144 Å². The fourth-order valence-corrected chi connectivity index (χ4v) is 4.14. The molecule has 4 rings (SSSR count). The molecular formula is C16H22N4O3S. The molecule has 0 aromatic carbocycles. The molecular weight excluding hydrogens is 328 g/mol. The minimum absolute atomic E-state index is 0.0515. The molecule has 1 aromatic rings. The van der Waals surface area contributed by atoms with E-state index in [0.717, 1.165) is 55.1 Å². The number of hydrogen-bond acceptors (Lipinski definition) is 5. The van der Waals surface area contributed by atoms with Gasteiger partial charge in [0.25, 0.3) is 0 Å². The first kappa shape index (κ1) is 16.0. The largest absolute Gasteiger partial charge is 0.376 e. The number of carbonyl (C=O) groups is 2. The summed E-state index contributed by atoms with van der Waals surface area (Å²) in [4.78, 5) is 24.4. The number of ether oxygens (including phenoxy) is 1. The summed E-state index contributed by atoms with van der Waals surface area (Å²) in [6, 6.07) is 0. The minimum atomic E-state index is -0.0961. The molecule has 0 unspecified atom stereocenters. The van der Waals surface area contributed by atoms with Crippen molar-refractivity contribution in [2.45, 2.75) is 49.8 Å². The number of carbonyl (C=O) groups excluding carboxylic acids is 2. The van der Waals surface area contributed by atoms with E-state index in [1.54, 1.807) is 16.4 Å². The van der Waals surface area contributed by atoms with Crippen LogP contribution >= 0.6 is 11.8 Å². The Kier molecular flexibility index (Phi) is 4.49. The fraction of sp³-hybridized carbons (Fsp3) is 0.688. The Balaban J connectivity index is 1.41. The van der Waals surface area contributed by atoms with Gasteiger partial charge in [-0.3, -0.25) is 9.59 Å². The summed E-state index contributed by atoms with van der Waals surface area (Å²) in [6.07, 6.45) is 4.09. The molecule has 1 atom stereocenters. The average molecular weight is 350 g/mol. The van der Waals surface area contributed by atoms with Gasteiger partial charge in [-0.25, -0.2) is 4.68 Å². The lowest BCUT2D eigenvalue weighted by molar-refractivity contribution is -0.122. The smallest absolute Gasteiger partial charge is 0.241 e. The molecule has 7 nitrogen and oxygen atoms in total. The quantitative estimate of drug-likeness (QED) is 0.807. The van der Waals surface area contributed by atoms with Crippen LogP contribution in [0.1, 0.15) is 36.9 Å². The van der Waals surface area contributed by atoms with E-state index < -0.39 is 0 Å². The van der Waals surface area contributed by atoms with Gasteiger partial charge in [-0.05, 0) is 25.7 Å². The van der Waals surface area contributed by atoms with Gasteiger partial charge in [0.15, 0.2) is 0 Å². The van der Waals surface area contributed by atoms with Gasteiger partial charge < -0.3 is 15.4 Å². The number of nitrogens with one attached hydrogen (secondary N) is 2. The second kappa shape index (κ2) is 6.76. The number of nitrogens with zero attached hydrogens (tertiary/aromatic N) is 2. The van der Waals surface area contributed by atoms with Crippen LogP contribution in [0.5, 0.6) is 0 Å². The molecule has 1 aromatic heterocycles. The molecule has 2 amide bonds. The van der Waals surface area contributed by atoms with E-state index in [0.29, 0.717) is 12.4 Å². The van der Waals surface area contributed by atoms with Crippen molar-refractivity contribution >= 4 is 29.4 Å². The maximum absolute atomic E-state index is 12.2. The standard InChI is InChI=1S/C16H22N4O3S/c21-14(17-6-11-2-1-5-23-11)7-20-15(18-16(22)10-3-4-10)12-8-24-9-13(12)19-20/h10-11H,1-9H2,(H,17,21)(H,18,22)/t11-/m1/s1. The van der Waals surface area contributed by atoms with Crippen LogP contribution in [0.15, 0.2) is 0 Å². The van der Waals surface area contributed by atoms with Crippen LogP contribution in [0.2, 0.25) is 0 Å². The first-order valence-corrected chi connectivity index (χ1v) is 9.71. The van der Waals surface area contributed by atoms with Crippen molar-refractivity contribution in [3.05, 3.63) is 11.3 Å². The van der Waals surface area contributed by atoms with E-state index in [1.165, 1.54) is 0 Å². The highest BCUT2D eigenvalue weighted by atomic mass is 32.2. The van der Waals surface area contributed by atoms with Crippen molar-refractivity contribution in [2.24, 2.45) is 5.92 Å². The number of thioether (sulfide) groups is 1. The molecule has 2 aliphatic heterocycles. The maximum atomic E-state index is 12.2. The maximum Gasteiger partial charge on any atom is 0.241 e. The zero-order valence-electron chi connectivity index (χ0n) is 13.5. The molecule has 24 heavy (non-hydrogen) atoms. The summed E-state index contributed by atoms with van der Waals surface area (Å²) >= 11 is 1.79. The summed E-state index contributed by atoms with van der Waals surface area (Å²) in [5, 5.41) is 10.4. The molecule has 1 aliphatic carbocycles. The van der Waals surface area contributed by atoms with E-state index in [2.05, 4.69) is 15.7 Å². The monoisotopic (exact) mass is 350 g/mol. The molecule has 0 spiro atoms. The van der Waals surface area contributed by atoms with Gasteiger partial charge in [0.05, 0.1) is 11.8 Å². The van der Waals surface area contributed by atoms with Gasteiger partial charge >= 0.3 is 0 Å². The molecule has 0 bridgehead atoms. The second-order valence-electron chi connectivity index (χ2n) is 6.63. The van der Waals surface area contributed by atoms with Crippen LogP contribution in [-0.4, -0.2) is 40.9 Å². The normalized spacial score (nSPS) is 22.4. The number of hydrogen-bond donors (Lipinski definition) is 2. The van der Waals surface area contributed by atoms with Crippen molar-refractivity contribution < 1.29 is 14.3 Å². The van der Waals surface area contributed by atoms with Crippen molar-refractivity contribution in [3.8, 4) is 0 Å². The van der Waals surface area contributed by atoms with Crippen LogP contribution < -0.4 is 10.6 Å². The highest BCUT2D eigenvalue weighted by Gasteiger charge is 2.32. The van der Waals surface area contributed by atoms with E-state index in [-0.39, 0.29) is 30.4 Å². The summed E-state index contributed by atoms with van der Waals surface area (Å²) in [5.74, 6) is 2.47. The van der Waals surface area contributed by atoms with Crippen molar-refractivity contribution in [1.29, 1.82) is 0 Å². The lowest BCUT2D eigenvalue weighted by Gasteiger charge is -2.13. The first-order chi connectivity index (χ1) is 11.7. The average Bonchev–Trinajstić information content (AvgIpc) is 2.97. The van der Waals surface area contributed by atoms with E-state index >= 15 is 0 Å². The van der Waals surface area contributed by atoms with Gasteiger partial charge in [0.2, 0.25) is 11.8 Å². The van der Waals surface area contributed by atoms with Crippen LogP contribution in [0.3, 0.4) is 0 Å². The third-order valence-electron chi connectivity index (χ3n) is 4.65. The summed E-state index contributed by atoms with van der Waals surface area (Å²) < 4.78 is 7.16. The highest BCUT2D eigenvalue weighted by molar-refractivity contribution is 7.98. The van der Waals surface area contributed by atoms with E-state index in [1.807, 2.05) is 0 Å². The lowest BCUT2D eigenvalue weighted by atomic mass is 10.2. The van der Waals surface area contributed by atoms with E-state index in [9.17, 15) is 9.59 Å². The molecule has 2 fully saturated rings. The number of aromatic nitrogens is 2. The Bertz CT molecular complexity index is 650. The molecule has 3 heterocycles. The van der Waals surface area contributed by atoms with Crippen molar-refractivity contribution in [3.63, 3.8) is 0 Å². The highest BCUT2D eigenvalue weighted by Crippen LogP contribution is 2.36. The third-order valence-corrected chi connectivity index (χ3v) is 5.62. The number of amides is 2. The van der Waals surface area contributed by atoms with Crippen molar-refractivity contribution in [2.75, 3.05) is 18.5 Å². The van der Waals surface area contributed by atoms with Gasteiger partial charge in [0.1, 0.15) is 12.4 Å². The van der Waals surface area contributed by atoms with Crippen LogP contribution in [0.25, 0.3) is 0 Å². The summed E-state index contributed by atoms with van der Waals surface area (Å²) in [5.41, 5.74) is 2.05. The van der Waals surface area contributed by atoms with Gasteiger partial charge in [-0.1, -0.05) is 0 Å². The molecule has 2 N–H and O–H groups in total. The minimum Gasteiger partial charge on any atom is -0.376 e. The van der Waals surface area contributed by atoms with Crippen LogP contribution in [0, 0.1) is 5.92 Å². The van der Waals surface area contributed by atoms with E-state index in [4.69, 9.17) is 4.74 Å². The second-order valence-corrected chi connectivity index (χ2v) is 7.61. The lowest BCUT2D eigenvalue weighted by Crippen LogP contribution is -2.34. The zero-order valence-corrected chi connectivity index (χ0v) is 14.4. The zero-order chi connectivity index (χ0) is 16.5. The summed E-state index contributed by atoms with van der Waals surface area (Å²) in [6.45, 7) is 1.45. The molecule has 3 aliphatic rings. The Morgan fingerprint density at radius 3 is 2.92 bits per heavy atom. The predicted octanol–water partition coefficient (Wildman–Crippen LogP) is 1.27. The Hall–Kier alpha value is -1.54. The molecule has 1 saturated heterocycles. The molecule has 130 valence electrons. The summed E-state index contributed by atoms with van der Waals surface area (Å²) in [7, 11) is 0. The Morgan fingerprint density at radius 1 is 1.29 bits per heavy atom. The number of rotatable bonds is 6. The first-order valence-electron chi connectivity index (χ1n) is 8.56. The predicted molar refractivity (Wildman–Crippen MR) is 90.6 cm³/mol. The SMILES string of the molecule is O=C(Cn1nc2c(c1NC(=O)C1CC1)CSC2)NC[C@H]1CCCO1. The Morgan fingerprint density at radius 2 is 2.17 bits per heavy atom. The van der Waals surface area contributed by atoms with Crippen LogP contribution in [-0.2, 0) is 32.4 Å². The third kappa shape index (κ3) is 3.44.